The molecule has 0 radical (unpaired) electrons. The Morgan fingerprint density at radius 3 is 2.05 bits per heavy atom. The van der Waals surface area contributed by atoms with Crippen molar-refractivity contribution < 1.29 is 71.1 Å². The summed E-state index contributed by atoms with van der Waals surface area (Å²) in [6, 6.07) is 73.8. The monoisotopic (exact) mass is 1780 g/mol. The third-order valence-electron chi connectivity index (χ3n) is 24.4. The molecule has 1 aliphatic carbocycles. The number of fused-ring (bicyclic) bond motifs is 4. The van der Waals surface area contributed by atoms with Gasteiger partial charge in [-0.05, 0) is 245 Å². The Kier molecular flexibility index (Phi) is 30.2. The summed E-state index contributed by atoms with van der Waals surface area (Å²) in [4.78, 5) is 126. The Bertz CT molecular complexity index is 6260. The van der Waals surface area contributed by atoms with Crippen LogP contribution in [0.25, 0.3) is 21.7 Å². The zero-order valence-corrected chi connectivity index (χ0v) is 75.1. The Hall–Kier alpha value is -14.3. The molecular weight excluding hydrogens is 1670 g/mol. The van der Waals surface area contributed by atoms with Crippen molar-refractivity contribution in [1.29, 1.82) is 0 Å². The van der Waals surface area contributed by atoms with Gasteiger partial charge in [-0.15, -0.1) is 11.3 Å². The molecule has 4 aromatic heterocycles. The minimum atomic E-state index is -0.340. The van der Waals surface area contributed by atoms with Crippen LogP contribution in [0, 0.1) is 13.8 Å². The smallest absolute Gasteiger partial charge is 0.291 e. The van der Waals surface area contributed by atoms with E-state index in [2.05, 4.69) is 118 Å². The molecule has 18 rings (SSSR count). The predicted molar refractivity (Wildman–Crippen MR) is 507 cm³/mol. The average molecular weight is 1780 g/mol. The summed E-state index contributed by atoms with van der Waals surface area (Å²) in [6.45, 7) is 12.1. The fourth-order valence-electron chi connectivity index (χ4n) is 17.1. The maximum absolute atomic E-state index is 13.8. The highest BCUT2D eigenvalue weighted by Crippen LogP contribution is 2.41. The normalized spacial score (nSPS) is 14.6. The molecule has 0 spiro atoms. The molecule has 3 saturated heterocycles. The number of thiophene rings is 1. The van der Waals surface area contributed by atoms with Crippen molar-refractivity contribution in [2.45, 2.75) is 122 Å². The zero-order chi connectivity index (χ0) is 91.3. The number of anilines is 4. The molecule has 3 fully saturated rings. The number of nitrogens with zero attached hydrogens (tertiary/aromatic N) is 5. The van der Waals surface area contributed by atoms with E-state index in [-0.39, 0.29) is 83.4 Å². The molecule has 25 heteroatoms. The highest BCUT2D eigenvalue weighted by molar-refractivity contribution is 7.17. The summed E-state index contributed by atoms with van der Waals surface area (Å²) in [5.74, 6) is -0.144. The number of furan rings is 1. The van der Waals surface area contributed by atoms with Crippen LogP contribution in [0.5, 0.6) is 11.5 Å². The van der Waals surface area contributed by atoms with E-state index in [1.165, 1.54) is 38.8 Å². The molecule has 8 heterocycles. The molecular formula is C106H107N10O14S+. The number of imide groups is 1. The van der Waals surface area contributed by atoms with Crippen LogP contribution in [0.15, 0.2) is 260 Å². The molecule has 5 aliphatic rings. The fraction of sp³-hybridized carbons (Fsp3) is 0.274. The number of amides is 9. The fourth-order valence-corrected chi connectivity index (χ4v) is 18.4. The number of rotatable bonds is 26. The van der Waals surface area contributed by atoms with Gasteiger partial charge < -0.3 is 59.7 Å². The number of methoxy groups -OCH3 is 2. The minimum Gasteiger partial charge on any atom is -0.497 e. The summed E-state index contributed by atoms with van der Waals surface area (Å²) in [7, 11) is 3.26. The second-order valence-corrected chi connectivity index (χ2v) is 34.3. The van der Waals surface area contributed by atoms with Gasteiger partial charge in [0.1, 0.15) is 16.5 Å². The van der Waals surface area contributed by atoms with E-state index >= 15 is 0 Å². The van der Waals surface area contributed by atoms with E-state index in [1.54, 1.807) is 93.1 Å². The van der Waals surface area contributed by atoms with Gasteiger partial charge in [0, 0.05) is 125 Å². The third kappa shape index (κ3) is 22.5. The molecule has 670 valence electrons. The second-order valence-electron chi connectivity index (χ2n) is 33.2. The molecule has 1 unspecified atom stereocenters. The van der Waals surface area contributed by atoms with E-state index in [0.717, 1.165) is 151 Å². The van der Waals surface area contributed by atoms with Crippen molar-refractivity contribution in [1.82, 2.24) is 25.4 Å². The van der Waals surface area contributed by atoms with Crippen molar-refractivity contribution in [2.24, 2.45) is 0 Å². The Morgan fingerprint density at radius 2 is 1.32 bits per heavy atom. The molecule has 4 aliphatic heterocycles. The SMILES string of the molecule is CCc1ccccc1N(Cc1cc2ccc(C)cc2nc1C)C(=O)c1cccc(OC)c1.COc1ccc(C2(CNC(=O)c3ccc(NC(=O)c4ccco4)cc3)CCOCC2)cc1.O=C(CCCN1C(=O)c2ccccc2C1=O)Nc1sc2c(c1C(=O)NCC1CCCO1)CCC2.O=C(Nc1ccccc1C(=O)N1CCCC1)c1ccc(C[n+]2ccc3ccccc3c2)cc1. The van der Waals surface area contributed by atoms with Gasteiger partial charge in [0.25, 0.3) is 47.3 Å². The van der Waals surface area contributed by atoms with Gasteiger partial charge >= 0.3 is 0 Å². The third-order valence-corrected chi connectivity index (χ3v) is 25.6. The number of pyridine rings is 2. The number of benzene rings is 9. The maximum Gasteiger partial charge on any atom is 0.291 e. The number of ether oxygens (including phenoxy) is 4. The first-order chi connectivity index (χ1) is 63.8. The zero-order valence-electron chi connectivity index (χ0n) is 74.2. The topological polar surface area (TPSA) is 290 Å². The van der Waals surface area contributed by atoms with Crippen molar-refractivity contribution >= 4 is 108 Å². The van der Waals surface area contributed by atoms with Gasteiger partial charge in [0.15, 0.2) is 24.7 Å². The van der Waals surface area contributed by atoms with E-state index in [0.29, 0.717) is 100 Å². The van der Waals surface area contributed by atoms with Gasteiger partial charge in [-0.25, -0.2) is 4.57 Å². The summed E-state index contributed by atoms with van der Waals surface area (Å²) in [5.41, 5.74) is 14.0. The number of para-hydroxylation sites is 2. The maximum atomic E-state index is 13.8. The van der Waals surface area contributed by atoms with Gasteiger partial charge in [-0.3, -0.25) is 53.0 Å². The van der Waals surface area contributed by atoms with Crippen molar-refractivity contribution in [3.63, 3.8) is 0 Å². The first-order valence-corrected chi connectivity index (χ1v) is 45.4. The minimum absolute atomic E-state index is 0.0221. The van der Waals surface area contributed by atoms with Crippen LogP contribution in [0.1, 0.15) is 192 Å². The molecule has 24 nitrogen and oxygen atoms in total. The summed E-state index contributed by atoms with van der Waals surface area (Å²) in [6.07, 6.45) is 15.5. The summed E-state index contributed by atoms with van der Waals surface area (Å²) in [5, 5.41) is 18.7. The van der Waals surface area contributed by atoms with Crippen molar-refractivity contribution in [3.05, 3.63) is 344 Å². The van der Waals surface area contributed by atoms with Crippen LogP contribution in [0.2, 0.25) is 0 Å². The lowest BCUT2D eigenvalue weighted by Crippen LogP contribution is -2.44. The molecule has 5 N–H and O–H groups in total. The van der Waals surface area contributed by atoms with Gasteiger partial charge in [-0.2, -0.15) is 0 Å². The van der Waals surface area contributed by atoms with Gasteiger partial charge in [-0.1, -0.05) is 110 Å². The van der Waals surface area contributed by atoms with E-state index in [4.69, 9.17) is 28.3 Å². The molecule has 1 atom stereocenters. The number of carbonyl (C=O) groups is 9. The Balaban J connectivity index is 0.000000134. The first kappa shape index (κ1) is 91.5. The highest BCUT2D eigenvalue weighted by Gasteiger charge is 2.38. The molecule has 9 aromatic carbocycles. The van der Waals surface area contributed by atoms with Crippen LogP contribution in [0.3, 0.4) is 0 Å². The van der Waals surface area contributed by atoms with Crippen molar-refractivity contribution in [3.8, 4) is 11.5 Å². The highest BCUT2D eigenvalue weighted by atomic mass is 32.1. The predicted octanol–water partition coefficient (Wildman–Crippen LogP) is 18.1. The van der Waals surface area contributed by atoms with Crippen LogP contribution in [-0.4, -0.2) is 141 Å². The number of hydrogen-bond donors (Lipinski definition) is 5. The molecule has 9 amide bonds. The lowest BCUT2D eigenvalue weighted by molar-refractivity contribution is -0.687. The van der Waals surface area contributed by atoms with E-state index in [1.807, 2.05) is 114 Å². The van der Waals surface area contributed by atoms with Gasteiger partial charge in [0.05, 0.1) is 66.6 Å². The number of nitrogens with one attached hydrogen (secondary N) is 5. The standard InChI is InChI=1S/C28H25N3O2.C28H28N2O2.C25H27N3O5S.C25H26N2O5/c32-27(29-26-10-4-3-9-25(26)28(33)31-16-5-6-17-31)23-13-11-21(12-14-23)19-30-18-15-22-7-1-2-8-24(22)20-30;1-5-21-9-6-7-12-27(21)30(28(31)23-10-8-11-25(17-23)32-4)18-24-16-22-14-13-19(2)15-26(22)29-20(24)3;29-20(11-4-12-28-24(31)16-7-1-2-8-17(16)25(28)32)27-23-21(18-9-3-10-19(18)34-23)22(30)26-14-15-6-5-13-33-15;1-30-21-10-6-19(7-11-21)25(12-15-31-16-13-25)17-26-23(28)18-4-8-20(9-5-18)27-24(29)22-3-2-14-32-22/h1-4,7-15,18,20H,5-6,16-17,19H2;6-17H,5,18H2,1-4H3;1-2,7-8,15H,3-6,9-14H2,(H,26,30)(H,27,29);2-11,14H,12-13,15-17H2,1H3,(H,26,28)(H,27,29)/p+1. The largest absolute Gasteiger partial charge is 0.497 e. The van der Waals surface area contributed by atoms with Crippen LogP contribution < -0.4 is 45.5 Å². The lowest BCUT2D eigenvalue weighted by atomic mass is 9.74. The van der Waals surface area contributed by atoms with Crippen LogP contribution in [0.4, 0.5) is 22.1 Å². The number of hydrogen-bond acceptors (Lipinski definition) is 16. The number of aryl methyl sites for hydroxylation is 4. The molecule has 0 saturated carbocycles. The molecule has 13 aromatic rings. The van der Waals surface area contributed by atoms with Gasteiger partial charge in [0.2, 0.25) is 5.91 Å². The van der Waals surface area contributed by atoms with Crippen LogP contribution in [-0.2, 0) is 52.0 Å². The van der Waals surface area contributed by atoms with E-state index < -0.39 is 0 Å². The quantitative estimate of drug-likeness (QED) is 0.0249. The lowest BCUT2D eigenvalue weighted by Gasteiger charge is -2.38. The van der Waals surface area contributed by atoms with Crippen molar-refractivity contribution in [2.75, 3.05) is 87.6 Å². The number of aromatic nitrogens is 2. The number of carbonyl (C=O) groups excluding carboxylic acids is 9. The van der Waals surface area contributed by atoms with Crippen LogP contribution >= 0.6 is 11.3 Å². The average Bonchev–Trinajstić information content (AvgIpc) is 1.60. The first-order valence-electron chi connectivity index (χ1n) is 44.6. The van der Waals surface area contributed by atoms with E-state index in [9.17, 15) is 43.2 Å². The second kappa shape index (κ2) is 43.2. The summed E-state index contributed by atoms with van der Waals surface area (Å²) < 4.78 is 29.0. The number of likely N-dealkylation sites (tertiary alicyclic amines) is 1. The molecule has 131 heavy (non-hydrogen) atoms. The summed E-state index contributed by atoms with van der Waals surface area (Å²) >= 11 is 1.47. The Labute approximate surface area is 765 Å². The Morgan fingerprint density at radius 1 is 0.611 bits per heavy atom. The molecule has 0 bridgehead atoms.